The molecule has 0 N–H and O–H groups in total. The Morgan fingerprint density at radius 3 is 3.04 bits per heavy atom. The van der Waals surface area contributed by atoms with Crippen LogP contribution in [0, 0.1) is 0 Å². The van der Waals surface area contributed by atoms with E-state index in [1.165, 1.54) is 6.33 Å². The van der Waals surface area contributed by atoms with Gasteiger partial charge in [-0.25, -0.2) is 9.67 Å². The Morgan fingerprint density at radius 1 is 1.38 bits per heavy atom. The lowest BCUT2D eigenvalue weighted by Gasteiger charge is -2.32. The third-order valence-corrected chi connectivity index (χ3v) is 4.50. The van der Waals surface area contributed by atoms with E-state index < -0.39 is 0 Å². The van der Waals surface area contributed by atoms with Crippen LogP contribution in [0.25, 0.3) is 0 Å². The van der Waals surface area contributed by atoms with Crippen molar-refractivity contribution in [1.82, 2.24) is 19.7 Å². The summed E-state index contributed by atoms with van der Waals surface area (Å²) in [4.78, 5) is 18.3. The molecule has 0 aliphatic carbocycles. The molecule has 1 fully saturated rings. The van der Waals surface area contributed by atoms with Gasteiger partial charge >= 0.3 is 0 Å². The number of carbonyl (C=O) groups excluding carboxylic acids is 1. The zero-order chi connectivity index (χ0) is 16.8. The first-order chi connectivity index (χ1) is 11.7. The van der Waals surface area contributed by atoms with Gasteiger partial charge in [0.2, 0.25) is 5.91 Å². The summed E-state index contributed by atoms with van der Waals surface area (Å²) in [6, 6.07) is 7.59. The van der Waals surface area contributed by atoms with E-state index in [2.05, 4.69) is 10.1 Å². The molecule has 0 unspecified atom stereocenters. The van der Waals surface area contributed by atoms with Crippen LogP contribution >= 0.6 is 11.6 Å². The Bertz CT molecular complexity index is 662. The van der Waals surface area contributed by atoms with Crippen molar-refractivity contribution < 1.29 is 9.53 Å². The molecule has 0 spiro atoms. The monoisotopic (exact) mass is 348 g/mol. The third kappa shape index (κ3) is 4.26. The number of rotatable bonds is 6. The number of likely N-dealkylation sites (tertiary alicyclic amines) is 1. The van der Waals surface area contributed by atoms with E-state index >= 15 is 0 Å². The number of hydrogen-bond donors (Lipinski definition) is 0. The van der Waals surface area contributed by atoms with Gasteiger partial charge in [-0.2, -0.15) is 5.10 Å². The van der Waals surface area contributed by atoms with Crippen LogP contribution in [-0.2, 0) is 4.79 Å². The SMILES string of the molecule is O=C(CCCOc1ccccc1Cl)N1CCC[C@H](n2cncn2)C1. The highest BCUT2D eigenvalue weighted by Gasteiger charge is 2.24. The van der Waals surface area contributed by atoms with Gasteiger partial charge in [0, 0.05) is 19.5 Å². The summed E-state index contributed by atoms with van der Waals surface area (Å²) in [6.45, 7) is 2.00. The Balaban J connectivity index is 1.42. The number of carbonyl (C=O) groups is 1. The maximum Gasteiger partial charge on any atom is 0.222 e. The van der Waals surface area contributed by atoms with Crippen molar-refractivity contribution >= 4 is 17.5 Å². The fourth-order valence-electron chi connectivity index (χ4n) is 2.93. The van der Waals surface area contributed by atoms with Crippen molar-refractivity contribution in [2.45, 2.75) is 31.7 Å². The normalized spacial score (nSPS) is 17.7. The predicted octanol–water partition coefficient (Wildman–Crippen LogP) is 2.95. The molecule has 2 aromatic rings. The van der Waals surface area contributed by atoms with Crippen LogP contribution in [0.4, 0.5) is 0 Å². The Labute approximate surface area is 146 Å². The Morgan fingerprint density at radius 2 is 2.25 bits per heavy atom. The summed E-state index contributed by atoms with van der Waals surface area (Å²) >= 11 is 6.04. The van der Waals surface area contributed by atoms with E-state index in [-0.39, 0.29) is 11.9 Å². The van der Waals surface area contributed by atoms with Gasteiger partial charge in [0.1, 0.15) is 18.4 Å². The Kier molecular flexibility index (Phi) is 5.69. The zero-order valence-electron chi connectivity index (χ0n) is 13.5. The van der Waals surface area contributed by atoms with Gasteiger partial charge in [0.15, 0.2) is 0 Å². The number of benzene rings is 1. The lowest BCUT2D eigenvalue weighted by atomic mass is 10.1. The molecule has 0 saturated carbocycles. The first kappa shape index (κ1) is 16.8. The maximum absolute atomic E-state index is 12.4. The zero-order valence-corrected chi connectivity index (χ0v) is 14.2. The molecular formula is C17H21ClN4O2. The minimum atomic E-state index is 0.169. The molecule has 1 aliphatic heterocycles. The smallest absolute Gasteiger partial charge is 0.222 e. The van der Waals surface area contributed by atoms with E-state index in [9.17, 15) is 4.79 Å². The number of piperidine rings is 1. The average molecular weight is 349 g/mol. The summed E-state index contributed by atoms with van der Waals surface area (Å²) in [7, 11) is 0. The van der Waals surface area contributed by atoms with Gasteiger partial charge < -0.3 is 9.64 Å². The van der Waals surface area contributed by atoms with E-state index in [1.807, 2.05) is 27.8 Å². The minimum absolute atomic E-state index is 0.169. The number of aromatic nitrogens is 3. The van der Waals surface area contributed by atoms with E-state index in [0.29, 0.717) is 36.8 Å². The van der Waals surface area contributed by atoms with Gasteiger partial charge in [0.25, 0.3) is 0 Å². The van der Waals surface area contributed by atoms with Crippen molar-refractivity contribution in [3.63, 3.8) is 0 Å². The molecule has 2 heterocycles. The fraction of sp³-hybridized carbons (Fsp3) is 0.471. The van der Waals surface area contributed by atoms with E-state index in [1.54, 1.807) is 12.4 Å². The molecule has 1 saturated heterocycles. The van der Waals surface area contributed by atoms with Gasteiger partial charge in [0.05, 0.1) is 17.7 Å². The summed E-state index contributed by atoms with van der Waals surface area (Å²) in [5.41, 5.74) is 0. The van der Waals surface area contributed by atoms with Crippen LogP contribution in [0.15, 0.2) is 36.9 Å². The number of ether oxygens (including phenoxy) is 1. The van der Waals surface area contributed by atoms with Crippen LogP contribution in [0.1, 0.15) is 31.7 Å². The van der Waals surface area contributed by atoms with Gasteiger partial charge in [-0.15, -0.1) is 0 Å². The number of nitrogens with zero attached hydrogens (tertiary/aromatic N) is 4. The van der Waals surface area contributed by atoms with Crippen LogP contribution in [-0.4, -0.2) is 45.3 Å². The topological polar surface area (TPSA) is 60.2 Å². The van der Waals surface area contributed by atoms with Gasteiger partial charge in [-0.1, -0.05) is 23.7 Å². The maximum atomic E-state index is 12.4. The second kappa shape index (κ2) is 8.15. The third-order valence-electron chi connectivity index (χ3n) is 4.19. The highest BCUT2D eigenvalue weighted by atomic mass is 35.5. The van der Waals surface area contributed by atoms with Gasteiger partial charge in [-0.3, -0.25) is 4.79 Å². The summed E-state index contributed by atoms with van der Waals surface area (Å²) in [5.74, 6) is 0.832. The molecule has 0 bridgehead atoms. The van der Waals surface area contributed by atoms with Crippen molar-refractivity contribution in [3.05, 3.63) is 41.9 Å². The first-order valence-electron chi connectivity index (χ1n) is 8.23. The molecule has 6 nitrogen and oxygen atoms in total. The molecular weight excluding hydrogens is 328 g/mol. The molecule has 1 aliphatic rings. The second-order valence-electron chi connectivity index (χ2n) is 5.89. The summed E-state index contributed by atoms with van der Waals surface area (Å²) in [6.07, 6.45) is 6.43. The second-order valence-corrected chi connectivity index (χ2v) is 6.30. The minimum Gasteiger partial charge on any atom is -0.492 e. The summed E-state index contributed by atoms with van der Waals surface area (Å²) in [5, 5.41) is 4.78. The van der Waals surface area contributed by atoms with E-state index in [4.69, 9.17) is 16.3 Å². The van der Waals surface area contributed by atoms with Crippen LogP contribution in [0.2, 0.25) is 5.02 Å². The van der Waals surface area contributed by atoms with Crippen LogP contribution < -0.4 is 4.74 Å². The fourth-order valence-corrected chi connectivity index (χ4v) is 3.12. The standard InChI is InChI=1S/C17H21ClN4O2/c18-15-6-1-2-7-16(15)24-10-4-8-17(23)21-9-3-5-14(11-21)22-13-19-12-20-22/h1-2,6-7,12-14H,3-5,8-11H2/t14-/m0/s1. The number of hydrogen-bond acceptors (Lipinski definition) is 4. The molecule has 1 amide bonds. The van der Waals surface area contributed by atoms with Crippen molar-refractivity contribution in [2.24, 2.45) is 0 Å². The van der Waals surface area contributed by atoms with Crippen molar-refractivity contribution in [1.29, 1.82) is 0 Å². The molecule has 128 valence electrons. The number of para-hydroxylation sites is 1. The highest BCUT2D eigenvalue weighted by Crippen LogP contribution is 2.24. The molecule has 24 heavy (non-hydrogen) atoms. The van der Waals surface area contributed by atoms with Gasteiger partial charge in [-0.05, 0) is 31.4 Å². The van der Waals surface area contributed by atoms with Crippen molar-refractivity contribution in [2.75, 3.05) is 19.7 Å². The molecule has 7 heteroatoms. The first-order valence-corrected chi connectivity index (χ1v) is 8.61. The lowest BCUT2D eigenvalue weighted by Crippen LogP contribution is -2.40. The predicted molar refractivity (Wildman–Crippen MR) is 91.1 cm³/mol. The lowest BCUT2D eigenvalue weighted by molar-refractivity contribution is -0.133. The van der Waals surface area contributed by atoms with Crippen LogP contribution in [0.5, 0.6) is 5.75 Å². The summed E-state index contributed by atoms with van der Waals surface area (Å²) < 4.78 is 7.48. The molecule has 3 rings (SSSR count). The number of amides is 1. The van der Waals surface area contributed by atoms with Crippen LogP contribution in [0.3, 0.4) is 0 Å². The van der Waals surface area contributed by atoms with Crippen molar-refractivity contribution in [3.8, 4) is 5.75 Å². The number of halogens is 1. The van der Waals surface area contributed by atoms with E-state index in [0.717, 1.165) is 19.4 Å². The molecule has 1 aromatic heterocycles. The average Bonchev–Trinajstić information content (AvgIpc) is 3.15. The molecule has 1 atom stereocenters. The molecule has 0 radical (unpaired) electrons. The largest absolute Gasteiger partial charge is 0.492 e. The Hall–Kier alpha value is -2.08. The quantitative estimate of drug-likeness (QED) is 0.753. The molecule has 1 aromatic carbocycles. The highest BCUT2D eigenvalue weighted by molar-refractivity contribution is 6.32.